The summed E-state index contributed by atoms with van der Waals surface area (Å²) in [7, 11) is -3.43. The first kappa shape index (κ1) is 24.1. The molecule has 0 radical (unpaired) electrons. The largest absolute Gasteiger partial charge is 0.361 e. The first-order valence-corrected chi connectivity index (χ1v) is 16.0. The molecule has 3 aliphatic heterocycles. The number of hydrogen-bond acceptors (Lipinski definition) is 8. The van der Waals surface area contributed by atoms with Gasteiger partial charge in [-0.25, -0.2) is 0 Å². The maximum absolute atomic E-state index is 14.7. The molecule has 3 heterocycles. The monoisotopic (exact) mass is 507 g/mol. The highest BCUT2D eigenvalue weighted by molar-refractivity contribution is 8.35. The van der Waals surface area contributed by atoms with Crippen molar-refractivity contribution in [3.8, 4) is 0 Å². The van der Waals surface area contributed by atoms with Crippen LogP contribution in [0.15, 0.2) is 19.6 Å². The number of nitrogens with zero attached hydrogens (tertiary/aromatic N) is 1. The van der Waals surface area contributed by atoms with E-state index in [0.29, 0.717) is 13.2 Å². The Morgan fingerprint density at radius 2 is 1.33 bits per heavy atom. The number of hydrogen-bond donors (Lipinski definition) is 0. The number of allylic oxidation sites excluding steroid dienone is 4. The summed E-state index contributed by atoms with van der Waals surface area (Å²) in [6.45, 7) is 11.2. The first-order chi connectivity index (χ1) is 14.4. The van der Waals surface area contributed by atoms with E-state index in [2.05, 4.69) is 18.7 Å². The molecule has 0 spiro atoms. The topological polar surface area (TPSA) is 38.8 Å². The van der Waals surface area contributed by atoms with Gasteiger partial charge in [-0.2, -0.15) is 0 Å². The summed E-state index contributed by atoms with van der Waals surface area (Å²) in [5.74, 6) is 0. The van der Waals surface area contributed by atoms with E-state index in [1.807, 2.05) is 60.9 Å². The summed E-state index contributed by atoms with van der Waals surface area (Å²) in [6.07, 6.45) is 8.34. The lowest BCUT2D eigenvalue weighted by atomic mass is 10.1. The van der Waals surface area contributed by atoms with Crippen LogP contribution >= 0.6 is 54.6 Å². The Bertz CT molecular complexity index is 736. The third-order valence-electron chi connectivity index (χ3n) is 6.10. The third kappa shape index (κ3) is 3.93. The fourth-order valence-corrected chi connectivity index (χ4v) is 16.6. The summed E-state index contributed by atoms with van der Waals surface area (Å²) in [4.78, 5) is 8.18. The molecule has 1 saturated heterocycles. The zero-order valence-corrected chi connectivity index (χ0v) is 22.7. The molecule has 0 aromatic carbocycles. The molecular formula is C21H34NO3PS4. The van der Waals surface area contributed by atoms with Crippen molar-refractivity contribution in [1.29, 1.82) is 0 Å². The first-order valence-electron chi connectivity index (χ1n) is 11.2. The number of rotatable bonds is 7. The Morgan fingerprint density at radius 3 is 1.80 bits per heavy atom. The van der Waals surface area contributed by atoms with E-state index in [-0.39, 0.29) is 4.20 Å². The van der Waals surface area contributed by atoms with Gasteiger partial charge in [0.05, 0.1) is 13.2 Å². The van der Waals surface area contributed by atoms with Crippen LogP contribution in [0.2, 0.25) is 0 Å². The highest BCUT2D eigenvalue weighted by atomic mass is 32.2. The molecule has 0 amide bonds. The molecule has 170 valence electrons. The molecule has 4 aliphatic rings. The lowest BCUT2D eigenvalue weighted by Crippen LogP contribution is -2.57. The molecule has 9 heteroatoms. The third-order valence-corrected chi connectivity index (χ3v) is 17.8. The second kappa shape index (κ2) is 9.69. The summed E-state index contributed by atoms with van der Waals surface area (Å²) in [5.41, 5.74) is 0. The number of likely N-dealkylation sites (tertiary alicyclic amines) is 1. The SMILES string of the molecule is CCOP(=O)(OCC)C1(C2(N3CCCCC3)SC(C)=C(C)S2)SC2=C(CCCC2)S1. The zero-order valence-electron chi connectivity index (χ0n) is 18.5. The van der Waals surface area contributed by atoms with Crippen LogP contribution in [0.4, 0.5) is 0 Å². The van der Waals surface area contributed by atoms with E-state index in [1.54, 1.807) is 0 Å². The predicted octanol–water partition coefficient (Wildman–Crippen LogP) is 8.04. The van der Waals surface area contributed by atoms with Gasteiger partial charge in [0, 0.05) is 13.1 Å². The lowest BCUT2D eigenvalue weighted by molar-refractivity contribution is 0.173. The maximum atomic E-state index is 14.7. The summed E-state index contributed by atoms with van der Waals surface area (Å²) >= 11 is 7.52. The van der Waals surface area contributed by atoms with Crippen molar-refractivity contribution in [2.45, 2.75) is 80.7 Å². The molecule has 0 bridgehead atoms. The average molecular weight is 508 g/mol. The van der Waals surface area contributed by atoms with Crippen LogP contribution in [0.25, 0.3) is 0 Å². The van der Waals surface area contributed by atoms with Crippen molar-refractivity contribution >= 4 is 54.6 Å². The molecular weight excluding hydrogens is 473 g/mol. The van der Waals surface area contributed by atoms with Gasteiger partial charge in [-0.05, 0) is 85.8 Å². The fraction of sp³-hybridized carbons (Fsp3) is 0.810. The molecule has 0 atom stereocenters. The van der Waals surface area contributed by atoms with Crippen LogP contribution in [0.3, 0.4) is 0 Å². The summed E-state index contributed by atoms with van der Waals surface area (Å²) < 4.78 is 26.0. The van der Waals surface area contributed by atoms with E-state index in [0.717, 1.165) is 25.9 Å². The minimum Gasteiger partial charge on any atom is -0.307 e. The highest BCUT2D eigenvalue weighted by Crippen LogP contribution is 2.85. The van der Waals surface area contributed by atoms with Gasteiger partial charge in [-0.1, -0.05) is 53.5 Å². The summed E-state index contributed by atoms with van der Waals surface area (Å²) in [5, 5.41) is 0. The van der Waals surface area contributed by atoms with Crippen LogP contribution in [0, 0.1) is 0 Å². The van der Waals surface area contributed by atoms with E-state index in [9.17, 15) is 4.57 Å². The number of piperidine rings is 1. The van der Waals surface area contributed by atoms with Gasteiger partial charge in [0.25, 0.3) is 0 Å². The van der Waals surface area contributed by atoms with Gasteiger partial charge in [0.2, 0.25) is 3.82 Å². The van der Waals surface area contributed by atoms with Crippen molar-refractivity contribution in [2.24, 2.45) is 0 Å². The molecule has 30 heavy (non-hydrogen) atoms. The van der Waals surface area contributed by atoms with Crippen LogP contribution in [0.1, 0.15) is 72.6 Å². The Morgan fingerprint density at radius 1 is 0.833 bits per heavy atom. The van der Waals surface area contributed by atoms with E-state index in [4.69, 9.17) is 9.05 Å². The molecule has 1 aliphatic carbocycles. The molecule has 0 aromatic rings. The van der Waals surface area contributed by atoms with E-state index in [1.165, 1.54) is 51.7 Å². The highest BCUT2D eigenvalue weighted by Gasteiger charge is 2.72. The fourth-order valence-electron chi connectivity index (χ4n) is 4.61. The minimum atomic E-state index is -3.43. The van der Waals surface area contributed by atoms with Crippen LogP contribution in [0.5, 0.6) is 0 Å². The van der Waals surface area contributed by atoms with E-state index >= 15 is 0 Å². The molecule has 0 unspecified atom stereocenters. The second-order valence-corrected chi connectivity index (χ2v) is 16.9. The van der Waals surface area contributed by atoms with Crippen molar-refractivity contribution in [1.82, 2.24) is 4.90 Å². The smallest absolute Gasteiger partial charge is 0.307 e. The molecule has 0 N–H and O–H groups in total. The van der Waals surface area contributed by atoms with E-state index < -0.39 is 11.4 Å². The van der Waals surface area contributed by atoms with Crippen molar-refractivity contribution < 1.29 is 13.6 Å². The normalized spacial score (nSPS) is 27.1. The Hall–Kier alpha value is 0.990. The van der Waals surface area contributed by atoms with Crippen molar-refractivity contribution in [3.05, 3.63) is 19.6 Å². The average Bonchev–Trinajstić information content (AvgIpc) is 3.29. The van der Waals surface area contributed by atoms with Gasteiger partial charge >= 0.3 is 7.60 Å². The standard InChI is InChI=1S/C21H34NO3PS4/c1-5-24-26(23,25-6-2)21(29-18-12-8-9-13-19(18)30-21)20(22-14-10-7-11-15-22)27-16(3)17(4)28-20/h5-15H2,1-4H3. The van der Waals surface area contributed by atoms with Gasteiger partial charge in [0.1, 0.15) is 0 Å². The minimum absolute atomic E-state index is 0.381. The van der Waals surface area contributed by atoms with Crippen LogP contribution < -0.4 is 0 Å². The van der Waals surface area contributed by atoms with Crippen LogP contribution in [-0.2, 0) is 13.6 Å². The van der Waals surface area contributed by atoms with Gasteiger partial charge in [0.15, 0.2) is 4.20 Å². The molecule has 0 aromatic heterocycles. The van der Waals surface area contributed by atoms with Gasteiger partial charge < -0.3 is 9.05 Å². The zero-order chi connectivity index (χ0) is 21.4. The molecule has 4 rings (SSSR count). The Kier molecular flexibility index (Phi) is 7.80. The van der Waals surface area contributed by atoms with Gasteiger partial charge in [-0.3, -0.25) is 9.46 Å². The summed E-state index contributed by atoms with van der Waals surface area (Å²) in [6, 6.07) is 0. The van der Waals surface area contributed by atoms with Crippen LogP contribution in [-0.4, -0.2) is 39.2 Å². The Labute approximate surface area is 199 Å². The second-order valence-electron chi connectivity index (χ2n) is 8.12. The number of thioether (sulfide) groups is 4. The predicted molar refractivity (Wildman–Crippen MR) is 136 cm³/mol. The molecule has 0 saturated carbocycles. The molecule has 1 fully saturated rings. The van der Waals surface area contributed by atoms with Crippen molar-refractivity contribution in [2.75, 3.05) is 26.3 Å². The Balaban J connectivity index is 1.86. The van der Waals surface area contributed by atoms with Gasteiger partial charge in [-0.15, -0.1) is 0 Å². The van der Waals surface area contributed by atoms with Crippen molar-refractivity contribution in [3.63, 3.8) is 0 Å². The molecule has 4 nitrogen and oxygen atoms in total. The quantitative estimate of drug-likeness (QED) is 0.321. The lowest BCUT2D eigenvalue weighted by Gasteiger charge is -2.52. The maximum Gasteiger partial charge on any atom is 0.361 e.